The van der Waals surface area contributed by atoms with Crippen LogP contribution in [0.4, 0.5) is 4.39 Å². The van der Waals surface area contributed by atoms with E-state index in [0.717, 1.165) is 37.6 Å². The van der Waals surface area contributed by atoms with E-state index in [0.29, 0.717) is 19.0 Å². The third kappa shape index (κ3) is 4.64. The van der Waals surface area contributed by atoms with Gasteiger partial charge in [0.05, 0.1) is 10.5 Å². The van der Waals surface area contributed by atoms with Gasteiger partial charge >= 0.3 is 0 Å². The molecule has 2 N–H and O–H groups in total. The van der Waals surface area contributed by atoms with Gasteiger partial charge in [0.25, 0.3) is 0 Å². The lowest BCUT2D eigenvalue weighted by Gasteiger charge is -2.11. The number of hydrogen-bond donors (Lipinski definition) is 2. The molecule has 1 aromatic carbocycles. The number of rotatable bonds is 5. The van der Waals surface area contributed by atoms with Crippen LogP contribution >= 0.6 is 12.4 Å². The molecule has 1 aliphatic heterocycles. The second-order valence-corrected chi connectivity index (χ2v) is 6.50. The van der Waals surface area contributed by atoms with E-state index >= 15 is 0 Å². The third-order valence-electron chi connectivity index (χ3n) is 3.32. The molecule has 21 heavy (non-hydrogen) atoms. The van der Waals surface area contributed by atoms with Crippen LogP contribution in [-0.2, 0) is 10.0 Å². The van der Waals surface area contributed by atoms with Crippen LogP contribution in [-0.4, -0.2) is 27.5 Å². The molecule has 0 aliphatic carbocycles. The third-order valence-corrected chi connectivity index (χ3v) is 4.77. The molecule has 0 radical (unpaired) electrons. The fraction of sp³-hybridized carbons (Fsp3) is 0.462. The lowest BCUT2D eigenvalue weighted by Crippen LogP contribution is -2.30. The van der Waals surface area contributed by atoms with Gasteiger partial charge in [0.2, 0.25) is 10.0 Å². The minimum absolute atomic E-state index is 0. The molecule has 8 heteroatoms. The smallest absolute Gasteiger partial charge is 0.240 e. The molecule has 116 valence electrons. The van der Waals surface area contributed by atoms with Crippen molar-refractivity contribution >= 4 is 22.4 Å². The maximum Gasteiger partial charge on any atom is 0.240 e. The van der Waals surface area contributed by atoms with Gasteiger partial charge in [0, 0.05) is 12.6 Å². The predicted octanol–water partition coefficient (Wildman–Crippen LogP) is 1.54. The largest absolute Gasteiger partial charge is 0.314 e. The van der Waals surface area contributed by atoms with Crippen LogP contribution in [0.5, 0.6) is 0 Å². The summed E-state index contributed by atoms with van der Waals surface area (Å²) in [6, 6.07) is 5.18. The topological polar surface area (TPSA) is 82.0 Å². The minimum atomic E-state index is -3.70. The second-order valence-electron chi connectivity index (χ2n) is 4.73. The summed E-state index contributed by atoms with van der Waals surface area (Å²) in [5.74, 6) is -0.721. The number of nitrogens with one attached hydrogen (secondary N) is 2. The monoisotopic (exact) mass is 333 g/mol. The molecule has 1 heterocycles. The standard InChI is InChI=1S/C13H16FN3O2S.ClH/c14-13-4-3-12(8-10(13)9-15)20(18,19)17-7-5-11-2-1-6-16-11;/h3-4,8,11,16-17H,1-2,5-7H2;1H/t11-;/m1./s1. The van der Waals surface area contributed by atoms with Crippen molar-refractivity contribution in [3.05, 3.63) is 29.6 Å². The average molecular weight is 334 g/mol. The van der Waals surface area contributed by atoms with Gasteiger partial charge in [-0.15, -0.1) is 12.4 Å². The van der Waals surface area contributed by atoms with E-state index in [1.807, 2.05) is 0 Å². The molecule has 1 aliphatic rings. The van der Waals surface area contributed by atoms with Gasteiger partial charge in [-0.1, -0.05) is 0 Å². The fourth-order valence-electron chi connectivity index (χ4n) is 2.21. The van der Waals surface area contributed by atoms with E-state index in [1.54, 1.807) is 6.07 Å². The Morgan fingerprint density at radius 1 is 1.48 bits per heavy atom. The molecule has 1 fully saturated rings. The summed E-state index contributed by atoms with van der Waals surface area (Å²) >= 11 is 0. The van der Waals surface area contributed by atoms with Crippen LogP contribution in [0.3, 0.4) is 0 Å². The summed E-state index contributed by atoms with van der Waals surface area (Å²) in [7, 11) is -3.70. The maximum atomic E-state index is 13.2. The van der Waals surface area contributed by atoms with E-state index in [1.165, 1.54) is 0 Å². The van der Waals surface area contributed by atoms with Crippen molar-refractivity contribution in [2.75, 3.05) is 13.1 Å². The maximum absolute atomic E-state index is 13.2. The first-order valence-electron chi connectivity index (χ1n) is 6.45. The number of sulfonamides is 1. The zero-order valence-electron chi connectivity index (χ0n) is 11.3. The van der Waals surface area contributed by atoms with E-state index in [2.05, 4.69) is 10.0 Å². The van der Waals surface area contributed by atoms with E-state index in [9.17, 15) is 12.8 Å². The minimum Gasteiger partial charge on any atom is -0.314 e. The lowest BCUT2D eigenvalue weighted by molar-refractivity contribution is 0.539. The van der Waals surface area contributed by atoms with Gasteiger partial charge in [0.15, 0.2) is 0 Å². The van der Waals surface area contributed by atoms with Crippen LogP contribution in [0.2, 0.25) is 0 Å². The molecular formula is C13H17ClFN3O2S. The van der Waals surface area contributed by atoms with E-state index < -0.39 is 15.8 Å². The Morgan fingerprint density at radius 3 is 2.86 bits per heavy atom. The SMILES string of the molecule is Cl.N#Cc1cc(S(=O)(=O)NCC[C@H]2CCCN2)ccc1F. The van der Waals surface area contributed by atoms with Crippen LogP contribution in [0.15, 0.2) is 23.1 Å². The van der Waals surface area contributed by atoms with Gasteiger partial charge in [0.1, 0.15) is 11.9 Å². The van der Waals surface area contributed by atoms with E-state index in [-0.39, 0.29) is 22.9 Å². The number of benzene rings is 1. The normalized spacial score (nSPS) is 18.0. The quantitative estimate of drug-likeness (QED) is 0.856. The van der Waals surface area contributed by atoms with Crippen LogP contribution in [0.25, 0.3) is 0 Å². The molecular weight excluding hydrogens is 317 g/mol. The number of halogens is 2. The molecule has 0 aromatic heterocycles. The highest BCUT2D eigenvalue weighted by Gasteiger charge is 2.18. The van der Waals surface area contributed by atoms with Crippen molar-refractivity contribution in [2.45, 2.75) is 30.2 Å². The van der Waals surface area contributed by atoms with Crippen molar-refractivity contribution in [2.24, 2.45) is 0 Å². The average Bonchev–Trinajstić information content (AvgIpc) is 2.92. The highest BCUT2D eigenvalue weighted by atomic mass is 35.5. The molecule has 0 unspecified atom stereocenters. The summed E-state index contributed by atoms with van der Waals surface area (Å²) in [6.07, 6.45) is 2.88. The Kier molecular flexibility index (Phi) is 6.55. The summed E-state index contributed by atoms with van der Waals surface area (Å²) in [5.41, 5.74) is -0.273. The zero-order chi connectivity index (χ0) is 14.6. The zero-order valence-corrected chi connectivity index (χ0v) is 12.9. The lowest BCUT2D eigenvalue weighted by atomic mass is 10.2. The number of nitrogens with zero attached hydrogens (tertiary/aromatic N) is 1. The fourth-order valence-corrected chi connectivity index (χ4v) is 3.28. The summed E-state index contributed by atoms with van der Waals surface area (Å²) in [5, 5.41) is 12.0. The molecule has 0 amide bonds. The molecule has 2 rings (SSSR count). The Hall–Kier alpha value is -1.20. The van der Waals surface area contributed by atoms with Crippen LogP contribution in [0.1, 0.15) is 24.8 Å². The van der Waals surface area contributed by atoms with Crippen molar-refractivity contribution in [1.29, 1.82) is 5.26 Å². The van der Waals surface area contributed by atoms with Crippen LogP contribution in [0, 0.1) is 17.1 Å². The summed E-state index contributed by atoms with van der Waals surface area (Å²) in [6.45, 7) is 1.29. The molecule has 0 bridgehead atoms. The predicted molar refractivity (Wildman–Crippen MR) is 79.2 cm³/mol. The van der Waals surface area contributed by atoms with Gasteiger partial charge in [-0.3, -0.25) is 0 Å². The Bertz CT molecular complexity index is 625. The summed E-state index contributed by atoms with van der Waals surface area (Å²) in [4.78, 5) is -0.0881. The Morgan fingerprint density at radius 2 is 2.24 bits per heavy atom. The number of nitriles is 1. The Balaban J connectivity index is 0.00000220. The van der Waals surface area contributed by atoms with Crippen molar-refractivity contribution in [3.63, 3.8) is 0 Å². The van der Waals surface area contributed by atoms with Gasteiger partial charge < -0.3 is 5.32 Å². The second kappa shape index (κ2) is 7.71. The Labute approximate surface area is 130 Å². The first-order valence-corrected chi connectivity index (χ1v) is 7.94. The van der Waals surface area contributed by atoms with E-state index in [4.69, 9.17) is 5.26 Å². The van der Waals surface area contributed by atoms with Gasteiger partial charge in [-0.25, -0.2) is 17.5 Å². The van der Waals surface area contributed by atoms with Gasteiger partial charge in [-0.2, -0.15) is 5.26 Å². The molecule has 1 atom stereocenters. The van der Waals surface area contributed by atoms with Crippen molar-refractivity contribution in [1.82, 2.24) is 10.0 Å². The first kappa shape index (κ1) is 17.9. The highest BCUT2D eigenvalue weighted by Crippen LogP contribution is 2.15. The molecule has 5 nitrogen and oxygen atoms in total. The first-order chi connectivity index (χ1) is 9.53. The van der Waals surface area contributed by atoms with Crippen molar-refractivity contribution in [3.8, 4) is 6.07 Å². The molecule has 0 saturated carbocycles. The van der Waals surface area contributed by atoms with Crippen molar-refractivity contribution < 1.29 is 12.8 Å². The molecule has 1 saturated heterocycles. The van der Waals surface area contributed by atoms with Crippen LogP contribution < -0.4 is 10.0 Å². The van der Waals surface area contributed by atoms with Gasteiger partial charge in [-0.05, 0) is 44.0 Å². The number of hydrogen-bond acceptors (Lipinski definition) is 4. The summed E-state index contributed by atoms with van der Waals surface area (Å²) < 4.78 is 39.7. The highest BCUT2D eigenvalue weighted by molar-refractivity contribution is 7.89. The molecule has 0 spiro atoms. The molecule has 1 aromatic rings.